The molecule has 4 nitrogen and oxygen atoms in total. The normalized spacial score (nSPS) is 36.8. The summed E-state index contributed by atoms with van der Waals surface area (Å²) in [6, 6.07) is 0. The second-order valence-electron chi connectivity index (χ2n) is 4.90. The van der Waals surface area contributed by atoms with Crippen LogP contribution in [-0.4, -0.2) is 56.0 Å². The zero-order valence-corrected chi connectivity index (χ0v) is 10.3. The number of hydrogen-bond acceptors (Lipinski definition) is 4. The first-order valence-electron chi connectivity index (χ1n) is 6.45. The molecular formula is C12H24N2O2. The van der Waals surface area contributed by atoms with Crippen molar-refractivity contribution in [2.45, 2.75) is 37.8 Å². The summed E-state index contributed by atoms with van der Waals surface area (Å²) < 4.78 is 11.3. The molecule has 2 aliphatic rings. The van der Waals surface area contributed by atoms with Crippen LogP contribution in [0, 0.1) is 0 Å². The van der Waals surface area contributed by atoms with Crippen LogP contribution in [-0.2, 0) is 9.47 Å². The summed E-state index contributed by atoms with van der Waals surface area (Å²) in [7, 11) is 0. The molecule has 0 bridgehead atoms. The summed E-state index contributed by atoms with van der Waals surface area (Å²) in [6.07, 6.45) is 3.86. The van der Waals surface area contributed by atoms with Gasteiger partial charge in [-0.1, -0.05) is 0 Å². The lowest BCUT2D eigenvalue weighted by atomic mass is 9.93. The fraction of sp³-hybridized carbons (Fsp3) is 1.00. The Labute approximate surface area is 98.1 Å². The minimum absolute atomic E-state index is 0.0930. The smallest absolute Gasteiger partial charge is 0.0702 e. The van der Waals surface area contributed by atoms with Crippen molar-refractivity contribution >= 4 is 0 Å². The number of nitrogens with two attached hydrogens (primary N) is 1. The number of piperidine rings is 1. The van der Waals surface area contributed by atoms with E-state index in [1.807, 2.05) is 0 Å². The first-order chi connectivity index (χ1) is 7.80. The lowest BCUT2D eigenvalue weighted by Gasteiger charge is -2.44. The van der Waals surface area contributed by atoms with Crippen LogP contribution in [0.4, 0.5) is 0 Å². The van der Waals surface area contributed by atoms with Crippen molar-refractivity contribution in [1.82, 2.24) is 4.90 Å². The Morgan fingerprint density at radius 1 is 1.56 bits per heavy atom. The molecule has 2 rings (SSSR count). The zero-order chi connectivity index (χ0) is 11.4. The van der Waals surface area contributed by atoms with Crippen LogP contribution in [0.15, 0.2) is 0 Å². The van der Waals surface area contributed by atoms with E-state index >= 15 is 0 Å². The Morgan fingerprint density at radius 2 is 2.44 bits per heavy atom. The second-order valence-corrected chi connectivity index (χ2v) is 4.90. The van der Waals surface area contributed by atoms with Crippen LogP contribution in [0.2, 0.25) is 0 Å². The number of nitrogens with zero attached hydrogens (tertiary/aromatic N) is 1. The van der Waals surface area contributed by atoms with Gasteiger partial charge >= 0.3 is 0 Å². The largest absolute Gasteiger partial charge is 0.379 e. The molecule has 16 heavy (non-hydrogen) atoms. The van der Waals surface area contributed by atoms with Crippen LogP contribution in [0.3, 0.4) is 0 Å². The average molecular weight is 228 g/mol. The van der Waals surface area contributed by atoms with Gasteiger partial charge in [-0.3, -0.25) is 4.90 Å². The topological polar surface area (TPSA) is 47.7 Å². The van der Waals surface area contributed by atoms with Gasteiger partial charge in [0.15, 0.2) is 0 Å². The van der Waals surface area contributed by atoms with Crippen molar-refractivity contribution in [3.05, 3.63) is 0 Å². The van der Waals surface area contributed by atoms with Crippen molar-refractivity contribution in [2.75, 3.05) is 39.5 Å². The molecule has 2 fully saturated rings. The van der Waals surface area contributed by atoms with E-state index < -0.39 is 0 Å². The first kappa shape index (κ1) is 12.3. The third-order valence-corrected chi connectivity index (χ3v) is 3.91. The molecule has 0 radical (unpaired) electrons. The SMILES string of the molecule is CCOC1CCCN(C2(CN)CCOC2)C1. The molecule has 0 aromatic carbocycles. The highest BCUT2D eigenvalue weighted by Gasteiger charge is 2.41. The van der Waals surface area contributed by atoms with Gasteiger partial charge < -0.3 is 15.2 Å². The molecule has 2 atom stereocenters. The molecule has 2 aliphatic heterocycles. The lowest BCUT2D eigenvalue weighted by Crippen LogP contribution is -2.58. The van der Waals surface area contributed by atoms with E-state index in [4.69, 9.17) is 15.2 Å². The maximum atomic E-state index is 5.96. The van der Waals surface area contributed by atoms with Crippen LogP contribution >= 0.6 is 0 Å². The molecular weight excluding hydrogens is 204 g/mol. The lowest BCUT2D eigenvalue weighted by molar-refractivity contribution is -0.0346. The van der Waals surface area contributed by atoms with Gasteiger partial charge in [0.25, 0.3) is 0 Å². The van der Waals surface area contributed by atoms with Crippen LogP contribution < -0.4 is 5.73 Å². The van der Waals surface area contributed by atoms with Crippen molar-refractivity contribution in [1.29, 1.82) is 0 Å². The Hall–Kier alpha value is -0.160. The summed E-state index contributed by atoms with van der Waals surface area (Å²) in [5.41, 5.74) is 6.05. The molecule has 2 N–H and O–H groups in total. The highest BCUT2D eigenvalue weighted by Crippen LogP contribution is 2.29. The Morgan fingerprint density at radius 3 is 3.06 bits per heavy atom. The van der Waals surface area contributed by atoms with Crippen LogP contribution in [0.25, 0.3) is 0 Å². The van der Waals surface area contributed by atoms with Crippen LogP contribution in [0.5, 0.6) is 0 Å². The quantitative estimate of drug-likeness (QED) is 0.765. The Balaban J connectivity index is 1.96. The van der Waals surface area contributed by atoms with Crippen molar-refractivity contribution in [3.8, 4) is 0 Å². The van der Waals surface area contributed by atoms with Gasteiger partial charge in [0.1, 0.15) is 0 Å². The minimum atomic E-state index is 0.0930. The Bertz CT molecular complexity index is 215. The average Bonchev–Trinajstić information content (AvgIpc) is 2.80. The first-order valence-corrected chi connectivity index (χ1v) is 6.45. The summed E-state index contributed by atoms with van der Waals surface area (Å²) in [4.78, 5) is 2.50. The van der Waals surface area contributed by atoms with Crippen molar-refractivity contribution < 1.29 is 9.47 Å². The maximum Gasteiger partial charge on any atom is 0.0702 e. The standard InChI is InChI=1S/C12H24N2O2/c1-2-16-11-4-3-6-14(8-11)12(9-13)5-7-15-10-12/h11H,2-10,13H2,1H3. The molecule has 2 heterocycles. The number of likely N-dealkylation sites (tertiary alicyclic amines) is 1. The third kappa shape index (κ3) is 2.40. The van der Waals surface area contributed by atoms with Gasteiger partial charge in [-0.05, 0) is 32.7 Å². The predicted molar refractivity (Wildman–Crippen MR) is 63.4 cm³/mol. The zero-order valence-electron chi connectivity index (χ0n) is 10.3. The van der Waals surface area contributed by atoms with E-state index in [9.17, 15) is 0 Å². The second kappa shape index (κ2) is 5.45. The monoisotopic (exact) mass is 228 g/mol. The van der Waals surface area contributed by atoms with E-state index in [1.165, 1.54) is 12.8 Å². The van der Waals surface area contributed by atoms with Gasteiger partial charge in [-0.15, -0.1) is 0 Å². The molecule has 0 saturated carbocycles. The van der Waals surface area contributed by atoms with Gasteiger partial charge in [-0.2, -0.15) is 0 Å². The third-order valence-electron chi connectivity index (χ3n) is 3.91. The van der Waals surface area contributed by atoms with Crippen molar-refractivity contribution in [2.24, 2.45) is 5.73 Å². The highest BCUT2D eigenvalue weighted by atomic mass is 16.5. The molecule has 2 saturated heterocycles. The number of hydrogen-bond donors (Lipinski definition) is 1. The van der Waals surface area contributed by atoms with E-state index in [1.54, 1.807) is 0 Å². The van der Waals surface area contributed by atoms with E-state index in [0.717, 1.165) is 39.3 Å². The van der Waals surface area contributed by atoms with E-state index in [2.05, 4.69) is 11.8 Å². The summed E-state index contributed by atoms with van der Waals surface area (Å²) in [6.45, 7) is 7.39. The number of rotatable bonds is 4. The molecule has 4 heteroatoms. The van der Waals surface area contributed by atoms with Gasteiger partial charge in [-0.25, -0.2) is 0 Å². The number of ether oxygens (including phenoxy) is 2. The fourth-order valence-corrected chi connectivity index (χ4v) is 2.88. The molecule has 2 unspecified atom stereocenters. The van der Waals surface area contributed by atoms with Crippen molar-refractivity contribution in [3.63, 3.8) is 0 Å². The molecule has 0 aromatic heterocycles. The maximum absolute atomic E-state index is 5.96. The molecule has 0 spiro atoms. The van der Waals surface area contributed by atoms with Gasteiger partial charge in [0.2, 0.25) is 0 Å². The minimum Gasteiger partial charge on any atom is -0.379 e. The van der Waals surface area contributed by atoms with E-state index in [-0.39, 0.29) is 5.54 Å². The van der Waals surface area contributed by atoms with Gasteiger partial charge in [0, 0.05) is 26.3 Å². The molecule has 94 valence electrons. The summed E-state index contributed by atoms with van der Waals surface area (Å²) >= 11 is 0. The summed E-state index contributed by atoms with van der Waals surface area (Å²) in [5.74, 6) is 0. The van der Waals surface area contributed by atoms with Gasteiger partial charge in [0.05, 0.1) is 18.2 Å². The fourth-order valence-electron chi connectivity index (χ4n) is 2.88. The predicted octanol–water partition coefficient (Wildman–Crippen LogP) is 0.605. The molecule has 0 aliphatic carbocycles. The highest BCUT2D eigenvalue weighted by molar-refractivity contribution is 4.97. The Kier molecular flexibility index (Phi) is 4.19. The molecule has 0 amide bonds. The van der Waals surface area contributed by atoms with E-state index in [0.29, 0.717) is 12.6 Å². The van der Waals surface area contributed by atoms with Crippen LogP contribution in [0.1, 0.15) is 26.2 Å². The molecule has 0 aromatic rings. The summed E-state index contributed by atoms with van der Waals surface area (Å²) in [5, 5.41) is 0.